The fourth-order valence-electron chi connectivity index (χ4n) is 8.87. The van der Waals surface area contributed by atoms with Gasteiger partial charge in [0.1, 0.15) is 70.3 Å². The SMILES string of the molecule is CCC1(C(=O)Nc2cnc(-c3cc(-c4ccon4)n(Cc4ccccc4F)n3)nc2N)CC1.O=c1[nH]c(-c2cc(-c3ccon3)n(Cc3cccc(F)c3F)n2)ncc1F.O=c1[nH]c(-c2nn(Cc3ccccc3F)c(-c3ccon3)c2F)ncc1F. The van der Waals surface area contributed by atoms with E-state index < -0.39 is 46.0 Å². The molecule has 0 unspecified atom stereocenters. The normalized spacial score (nSPS) is 12.3. The number of H-pyrrole nitrogens is 2. The van der Waals surface area contributed by atoms with Gasteiger partial charge in [-0.15, -0.1) is 0 Å². The number of aromatic nitrogens is 15. The van der Waals surface area contributed by atoms with Crippen molar-refractivity contribution in [3.05, 3.63) is 213 Å². The molecule has 1 saturated carbocycles. The predicted molar refractivity (Wildman–Crippen MR) is 293 cm³/mol. The van der Waals surface area contributed by atoms with Crippen molar-refractivity contribution in [2.75, 3.05) is 11.1 Å². The fraction of sp³-hybridized carbons (Fsp3) is 0.140. The van der Waals surface area contributed by atoms with Gasteiger partial charge in [-0.3, -0.25) is 28.4 Å². The van der Waals surface area contributed by atoms with E-state index in [1.54, 1.807) is 47.1 Å². The number of amides is 1. The Kier molecular flexibility index (Phi) is 16.1. The molecule has 5 N–H and O–H groups in total. The summed E-state index contributed by atoms with van der Waals surface area (Å²) < 4.78 is 116. The van der Waals surface area contributed by atoms with Crippen LogP contribution in [0.1, 0.15) is 42.9 Å². The van der Waals surface area contributed by atoms with Crippen LogP contribution in [0.5, 0.6) is 0 Å². The number of nitrogens with zero attached hydrogens (tertiary/aromatic N) is 13. The van der Waals surface area contributed by atoms with Gasteiger partial charge in [-0.05, 0) is 49.6 Å². The Morgan fingerprint density at radius 3 is 1.64 bits per heavy atom. The molecule has 13 rings (SSSR count). The largest absolute Gasteiger partial charge is 0.382 e. The average Bonchev–Trinajstić information content (AvgIpc) is 1.97. The molecule has 0 saturated heterocycles. The highest BCUT2D eigenvalue weighted by atomic mass is 19.2. The minimum absolute atomic E-state index is 0.0182. The lowest BCUT2D eigenvalue weighted by atomic mass is 10.0. The van der Waals surface area contributed by atoms with Gasteiger partial charge >= 0.3 is 0 Å². The summed E-state index contributed by atoms with van der Waals surface area (Å²) in [7, 11) is 0. The van der Waals surface area contributed by atoms with Crippen LogP contribution in [0.2, 0.25) is 0 Å². The number of nitrogens with one attached hydrogen (secondary N) is 3. The summed E-state index contributed by atoms with van der Waals surface area (Å²) in [6, 6.07) is 24.2. The Bertz CT molecular complexity index is 4560. The Hall–Kier alpha value is -11.5. The minimum Gasteiger partial charge on any atom is -0.382 e. The predicted octanol–water partition coefficient (Wildman–Crippen LogP) is 9.40. The summed E-state index contributed by atoms with van der Waals surface area (Å²) >= 11 is 0. The van der Waals surface area contributed by atoms with Crippen LogP contribution in [-0.2, 0) is 24.4 Å². The molecule has 0 spiro atoms. The molecular formula is C57H42F7N17O6. The van der Waals surface area contributed by atoms with E-state index >= 15 is 4.39 Å². The molecule has 1 fully saturated rings. The summed E-state index contributed by atoms with van der Waals surface area (Å²) in [6.45, 7) is 1.95. The Labute approximate surface area is 483 Å². The standard InChI is InChI=1S/C23H22FN7O2.2C17H10F3N5O2/c1-2-23(8-9-23)22(32)27-18-12-26-21(28-20(18)25)17-11-19(16-7-10-33-30-16)31(29-17)13-14-5-3-4-6-15(14)24;18-10-3-1-2-9(15(10)20)8-25-14(12-4-5-27-24-12)6-13(23-25)16-21-7-11(19)17(26)22-16;18-10-4-2-1-3-9(10)8-25-15(12-5-6-27-24-12)13(20)14(23-25)16-21-7-11(19)17(26)22-16/h3-7,10-12H,2,8-9,13H2,1H3,(H,27,32)(H2,25,26,28);2*1-7H,8H2,(H,21,22,26). The quantitative estimate of drug-likeness (QED) is 0.0695. The highest BCUT2D eigenvalue weighted by Gasteiger charge is 2.48. The third kappa shape index (κ3) is 12.3. The number of aromatic amines is 2. The number of nitrogens with two attached hydrogens (primary N) is 1. The monoisotopic (exact) mass is 1190 g/mol. The number of anilines is 2. The molecule has 0 radical (unpaired) electrons. The second-order valence-electron chi connectivity index (χ2n) is 19.3. The van der Waals surface area contributed by atoms with E-state index in [2.05, 4.69) is 66.0 Å². The van der Waals surface area contributed by atoms with Gasteiger partial charge in [0.15, 0.2) is 46.4 Å². The zero-order chi connectivity index (χ0) is 60.9. The molecule has 3 aromatic carbocycles. The van der Waals surface area contributed by atoms with Crippen molar-refractivity contribution in [2.45, 2.75) is 45.8 Å². The molecule has 0 aliphatic heterocycles. The van der Waals surface area contributed by atoms with Crippen LogP contribution >= 0.6 is 0 Å². The summed E-state index contributed by atoms with van der Waals surface area (Å²) in [5.74, 6) is -5.69. The second kappa shape index (κ2) is 24.4. The smallest absolute Gasteiger partial charge is 0.287 e. The van der Waals surface area contributed by atoms with E-state index in [4.69, 9.17) is 19.3 Å². The molecule has 87 heavy (non-hydrogen) atoms. The van der Waals surface area contributed by atoms with E-state index in [1.165, 1.54) is 82.9 Å². The van der Waals surface area contributed by atoms with Gasteiger partial charge in [0.05, 0.1) is 49.6 Å². The van der Waals surface area contributed by atoms with Crippen LogP contribution in [0.15, 0.2) is 158 Å². The number of halogens is 7. The molecule has 12 aromatic rings. The number of carbonyl (C=O) groups excluding carboxylic acids is 1. The van der Waals surface area contributed by atoms with E-state index in [9.17, 15) is 40.7 Å². The molecule has 23 nitrogen and oxygen atoms in total. The number of carbonyl (C=O) groups is 1. The van der Waals surface area contributed by atoms with E-state index in [1.807, 2.05) is 6.92 Å². The lowest BCUT2D eigenvalue weighted by molar-refractivity contribution is -0.121. The molecule has 440 valence electrons. The summed E-state index contributed by atoms with van der Waals surface area (Å²) in [5, 5.41) is 27.2. The first-order valence-corrected chi connectivity index (χ1v) is 26.0. The minimum atomic E-state index is -1.11. The topological polar surface area (TPSA) is 304 Å². The highest BCUT2D eigenvalue weighted by molar-refractivity contribution is 5.98. The van der Waals surface area contributed by atoms with E-state index in [-0.39, 0.29) is 94.0 Å². The van der Waals surface area contributed by atoms with Crippen molar-refractivity contribution < 1.29 is 49.1 Å². The van der Waals surface area contributed by atoms with Crippen LogP contribution < -0.4 is 22.2 Å². The van der Waals surface area contributed by atoms with Crippen molar-refractivity contribution in [1.82, 2.24) is 74.7 Å². The third-order valence-electron chi connectivity index (χ3n) is 13.7. The van der Waals surface area contributed by atoms with Crippen molar-refractivity contribution in [3.8, 4) is 68.7 Å². The number of nitrogen functional groups attached to an aromatic ring is 1. The second-order valence-corrected chi connectivity index (χ2v) is 19.3. The maximum Gasteiger partial charge on any atom is 0.287 e. The van der Waals surface area contributed by atoms with Crippen LogP contribution in [0.25, 0.3) is 68.7 Å². The van der Waals surface area contributed by atoms with Crippen LogP contribution in [-0.4, -0.2) is 80.6 Å². The molecule has 1 aliphatic carbocycles. The van der Waals surface area contributed by atoms with Crippen LogP contribution in [0, 0.1) is 46.1 Å². The van der Waals surface area contributed by atoms with Gasteiger partial charge in [-0.1, -0.05) is 70.9 Å². The van der Waals surface area contributed by atoms with Gasteiger partial charge in [0.25, 0.3) is 11.1 Å². The van der Waals surface area contributed by atoms with Gasteiger partial charge in [-0.25, -0.2) is 41.9 Å². The average molecular weight is 1190 g/mol. The van der Waals surface area contributed by atoms with Crippen LogP contribution in [0.4, 0.5) is 42.2 Å². The first kappa shape index (κ1) is 57.4. The first-order valence-electron chi connectivity index (χ1n) is 26.0. The highest BCUT2D eigenvalue weighted by Crippen LogP contribution is 2.49. The Balaban J connectivity index is 0.000000136. The summed E-state index contributed by atoms with van der Waals surface area (Å²) in [5.41, 5.74) is 7.24. The molecule has 0 atom stereocenters. The zero-order valence-electron chi connectivity index (χ0n) is 44.9. The van der Waals surface area contributed by atoms with Crippen molar-refractivity contribution >= 4 is 17.4 Å². The zero-order valence-corrected chi connectivity index (χ0v) is 44.9. The molecule has 30 heteroatoms. The fourth-order valence-corrected chi connectivity index (χ4v) is 8.87. The van der Waals surface area contributed by atoms with Crippen molar-refractivity contribution in [1.29, 1.82) is 0 Å². The molecule has 1 aliphatic rings. The van der Waals surface area contributed by atoms with E-state index in [0.717, 1.165) is 31.5 Å². The molecule has 0 bridgehead atoms. The molecule has 9 aromatic heterocycles. The maximum atomic E-state index is 15.1. The van der Waals surface area contributed by atoms with Gasteiger partial charge < -0.3 is 34.6 Å². The number of benzene rings is 3. The van der Waals surface area contributed by atoms with Crippen LogP contribution in [0.3, 0.4) is 0 Å². The third-order valence-corrected chi connectivity index (χ3v) is 13.7. The first-order chi connectivity index (χ1) is 42.1. The number of rotatable bonds is 15. The summed E-state index contributed by atoms with van der Waals surface area (Å²) in [6.07, 6.45) is 9.48. The Morgan fingerprint density at radius 2 is 1.09 bits per heavy atom. The van der Waals surface area contributed by atoms with Gasteiger partial charge in [0.2, 0.25) is 17.5 Å². The van der Waals surface area contributed by atoms with Crippen molar-refractivity contribution in [2.24, 2.45) is 5.41 Å². The molecule has 1 amide bonds. The lowest BCUT2D eigenvalue weighted by Crippen LogP contribution is -2.24. The molecular weight excluding hydrogens is 1150 g/mol. The summed E-state index contributed by atoms with van der Waals surface area (Å²) in [4.78, 5) is 56.0. The van der Waals surface area contributed by atoms with Crippen molar-refractivity contribution in [3.63, 3.8) is 0 Å². The maximum absolute atomic E-state index is 15.1. The lowest BCUT2D eigenvalue weighted by Gasteiger charge is -2.13. The number of hydrogen-bond acceptors (Lipinski definition) is 17. The Morgan fingerprint density at radius 1 is 0.575 bits per heavy atom. The van der Waals surface area contributed by atoms with Gasteiger partial charge in [0, 0.05) is 40.3 Å². The number of hydrogen-bond donors (Lipinski definition) is 4. The van der Waals surface area contributed by atoms with Gasteiger partial charge in [-0.2, -0.15) is 24.1 Å². The van der Waals surface area contributed by atoms with E-state index in [0.29, 0.717) is 45.9 Å². The molecule has 9 heterocycles.